The Kier molecular flexibility index (Phi) is 2.95. The summed E-state index contributed by atoms with van der Waals surface area (Å²) < 4.78 is 8.16. The Morgan fingerprint density at radius 2 is 2.40 bits per heavy atom. The van der Waals surface area contributed by atoms with Crippen LogP contribution in [0.1, 0.15) is 6.92 Å². The van der Waals surface area contributed by atoms with Crippen LogP contribution in [0.25, 0.3) is 0 Å². The molecule has 3 nitrogen and oxygen atoms in total. The molecule has 0 saturated carbocycles. The number of hydrogen-bond donors (Lipinski definition) is 1. The molecule has 0 spiro atoms. The van der Waals surface area contributed by atoms with Crippen LogP contribution in [0, 0.1) is 0 Å². The second-order valence-corrected chi connectivity index (χ2v) is 2.98. The molecular weight excluding hydrogens is 166 g/mol. The Balaban J connectivity index is 2.70. The van der Waals surface area contributed by atoms with Gasteiger partial charge in [-0.1, -0.05) is 0 Å². The van der Waals surface area contributed by atoms with Crippen molar-refractivity contribution in [3.8, 4) is 0 Å². The van der Waals surface area contributed by atoms with Gasteiger partial charge in [0.1, 0.15) is 0 Å². The third-order valence-electron chi connectivity index (χ3n) is 0.996. The van der Waals surface area contributed by atoms with Crippen molar-refractivity contribution < 1.29 is 0 Å². The van der Waals surface area contributed by atoms with E-state index in [1.807, 2.05) is 13.2 Å². The van der Waals surface area contributed by atoms with Crippen LogP contribution in [0.5, 0.6) is 0 Å². The van der Waals surface area contributed by atoms with Crippen molar-refractivity contribution in [1.82, 2.24) is 8.75 Å². The summed E-state index contributed by atoms with van der Waals surface area (Å²) in [5, 5.41) is 4.12. The van der Waals surface area contributed by atoms with Crippen molar-refractivity contribution >= 4 is 29.3 Å². The molecule has 0 fully saturated rings. The van der Waals surface area contributed by atoms with Crippen molar-refractivity contribution in [2.24, 2.45) is 0 Å². The molecule has 0 atom stereocenters. The van der Waals surface area contributed by atoms with Gasteiger partial charge in [-0.15, -0.1) is 11.8 Å². The van der Waals surface area contributed by atoms with E-state index in [0.29, 0.717) is 0 Å². The first-order valence-corrected chi connectivity index (χ1v) is 4.94. The van der Waals surface area contributed by atoms with E-state index >= 15 is 0 Å². The van der Waals surface area contributed by atoms with E-state index < -0.39 is 0 Å². The smallest absolute Gasteiger partial charge is 0.174 e. The lowest BCUT2D eigenvalue weighted by molar-refractivity contribution is 1.14. The summed E-state index contributed by atoms with van der Waals surface area (Å²) in [4.78, 5) is 0. The molecule has 0 amide bonds. The molecule has 10 heavy (non-hydrogen) atoms. The Labute approximate surface area is 68.6 Å². The Hall–Kier alpha value is -0.290. The van der Waals surface area contributed by atoms with Crippen LogP contribution < -0.4 is 5.32 Å². The Morgan fingerprint density at radius 3 is 3.00 bits per heavy atom. The van der Waals surface area contributed by atoms with Gasteiger partial charge in [0.15, 0.2) is 10.8 Å². The molecule has 0 aliphatic rings. The molecule has 5 heteroatoms. The topological polar surface area (TPSA) is 37.8 Å². The van der Waals surface area contributed by atoms with Crippen LogP contribution in [0.2, 0.25) is 0 Å². The molecule has 1 aromatic heterocycles. The maximum Gasteiger partial charge on any atom is 0.174 e. The minimum Gasteiger partial charge on any atom is -0.367 e. The first kappa shape index (κ1) is 7.81. The predicted molar refractivity (Wildman–Crippen MR) is 45.9 cm³/mol. The third kappa shape index (κ3) is 1.60. The Morgan fingerprint density at radius 1 is 1.60 bits per heavy atom. The maximum atomic E-state index is 4.08. The summed E-state index contributed by atoms with van der Waals surface area (Å²) in [7, 11) is 0. The average Bonchev–Trinajstić information content (AvgIpc) is 2.36. The van der Waals surface area contributed by atoms with E-state index in [1.54, 1.807) is 11.8 Å². The highest BCUT2D eigenvalue weighted by Gasteiger charge is 2.03. The highest BCUT2D eigenvalue weighted by Crippen LogP contribution is 2.21. The molecule has 1 N–H and O–H groups in total. The highest BCUT2D eigenvalue weighted by atomic mass is 32.2. The monoisotopic (exact) mass is 175 g/mol. The number of nitrogens with zero attached hydrogens (tertiary/aromatic N) is 2. The first-order valence-electron chi connectivity index (χ1n) is 2.99. The fraction of sp³-hybridized carbons (Fsp3) is 0.600. The second kappa shape index (κ2) is 3.78. The molecular formula is C5H9N3S2. The molecule has 0 saturated heterocycles. The van der Waals surface area contributed by atoms with Crippen molar-refractivity contribution in [3.63, 3.8) is 0 Å². The largest absolute Gasteiger partial charge is 0.367 e. The van der Waals surface area contributed by atoms with Crippen LogP contribution in [0.15, 0.2) is 5.03 Å². The summed E-state index contributed by atoms with van der Waals surface area (Å²) >= 11 is 2.86. The van der Waals surface area contributed by atoms with Gasteiger partial charge in [0, 0.05) is 6.54 Å². The standard InChI is InChI=1S/C5H9N3S2/c1-3-6-4-5(9-2)8-10-7-4/h3H2,1-2H3,(H,6,7). The van der Waals surface area contributed by atoms with E-state index in [-0.39, 0.29) is 0 Å². The molecule has 0 unspecified atom stereocenters. The van der Waals surface area contributed by atoms with Gasteiger partial charge in [0.2, 0.25) is 0 Å². The van der Waals surface area contributed by atoms with E-state index in [1.165, 1.54) is 11.7 Å². The van der Waals surface area contributed by atoms with Gasteiger partial charge in [-0.05, 0) is 13.2 Å². The van der Waals surface area contributed by atoms with Gasteiger partial charge in [0.25, 0.3) is 0 Å². The molecule has 56 valence electrons. The second-order valence-electron chi connectivity index (χ2n) is 1.65. The summed E-state index contributed by atoms with van der Waals surface area (Å²) in [6, 6.07) is 0. The van der Waals surface area contributed by atoms with Gasteiger partial charge >= 0.3 is 0 Å². The zero-order valence-corrected chi connectivity index (χ0v) is 7.55. The normalized spacial score (nSPS) is 9.80. The third-order valence-corrected chi connectivity index (χ3v) is 2.31. The van der Waals surface area contributed by atoms with E-state index in [4.69, 9.17) is 0 Å². The predicted octanol–water partition coefficient (Wildman–Crippen LogP) is 1.69. The average molecular weight is 175 g/mol. The van der Waals surface area contributed by atoms with Crippen LogP contribution in [0.4, 0.5) is 5.82 Å². The molecule has 0 aliphatic heterocycles. The van der Waals surface area contributed by atoms with Crippen LogP contribution >= 0.6 is 23.5 Å². The van der Waals surface area contributed by atoms with Gasteiger partial charge in [0.05, 0.1) is 11.7 Å². The van der Waals surface area contributed by atoms with Gasteiger partial charge in [-0.3, -0.25) is 0 Å². The summed E-state index contributed by atoms with van der Waals surface area (Å²) in [5.74, 6) is 0.917. The van der Waals surface area contributed by atoms with Crippen molar-refractivity contribution in [1.29, 1.82) is 0 Å². The number of anilines is 1. The van der Waals surface area contributed by atoms with E-state index in [9.17, 15) is 0 Å². The van der Waals surface area contributed by atoms with Gasteiger partial charge < -0.3 is 5.32 Å². The molecule has 1 heterocycles. The SMILES string of the molecule is CCNc1nsnc1SC. The van der Waals surface area contributed by atoms with Gasteiger partial charge in [-0.2, -0.15) is 8.75 Å². The highest BCUT2D eigenvalue weighted by molar-refractivity contribution is 7.98. The molecule has 0 aliphatic carbocycles. The van der Waals surface area contributed by atoms with Crippen molar-refractivity contribution in [2.75, 3.05) is 18.1 Å². The molecule has 0 radical (unpaired) electrons. The minimum absolute atomic E-state index is 0.902. The molecule has 1 rings (SSSR count). The number of hydrogen-bond acceptors (Lipinski definition) is 5. The number of rotatable bonds is 3. The van der Waals surface area contributed by atoms with Crippen LogP contribution in [-0.4, -0.2) is 21.5 Å². The zero-order chi connectivity index (χ0) is 7.40. The quantitative estimate of drug-likeness (QED) is 0.709. The Bertz CT molecular complexity index is 199. The fourth-order valence-electron chi connectivity index (χ4n) is 0.590. The number of aromatic nitrogens is 2. The van der Waals surface area contributed by atoms with Crippen LogP contribution in [-0.2, 0) is 0 Å². The lowest BCUT2D eigenvalue weighted by Crippen LogP contribution is -1.97. The summed E-state index contributed by atoms with van der Waals surface area (Å²) in [6.07, 6.45) is 2.00. The molecule has 1 aromatic rings. The van der Waals surface area contributed by atoms with Gasteiger partial charge in [-0.25, -0.2) is 0 Å². The van der Waals surface area contributed by atoms with Crippen molar-refractivity contribution in [3.05, 3.63) is 0 Å². The summed E-state index contributed by atoms with van der Waals surface area (Å²) in [5.41, 5.74) is 0. The minimum atomic E-state index is 0.902. The number of nitrogens with one attached hydrogen (secondary N) is 1. The molecule has 0 aromatic carbocycles. The lowest BCUT2D eigenvalue weighted by atomic mass is 10.6. The zero-order valence-electron chi connectivity index (χ0n) is 5.92. The van der Waals surface area contributed by atoms with Crippen LogP contribution in [0.3, 0.4) is 0 Å². The first-order chi connectivity index (χ1) is 4.88. The van der Waals surface area contributed by atoms with Crippen molar-refractivity contribution in [2.45, 2.75) is 11.9 Å². The lowest BCUT2D eigenvalue weighted by Gasteiger charge is -1.96. The maximum absolute atomic E-state index is 4.08. The number of thioether (sulfide) groups is 1. The van der Waals surface area contributed by atoms with E-state index in [2.05, 4.69) is 14.1 Å². The fourth-order valence-corrected chi connectivity index (χ4v) is 1.79. The summed E-state index contributed by atoms with van der Waals surface area (Å²) in [6.45, 7) is 2.95. The molecule has 0 bridgehead atoms. The van der Waals surface area contributed by atoms with E-state index in [0.717, 1.165) is 17.4 Å².